The number of aromatic carboxylic acids is 1. The molecule has 0 unspecified atom stereocenters. The van der Waals surface area contributed by atoms with Crippen molar-refractivity contribution in [2.75, 3.05) is 0 Å². The van der Waals surface area contributed by atoms with Crippen LogP contribution in [-0.2, 0) is 13.0 Å². The smallest absolute Gasteiger partial charge is 0.337 e. The third-order valence-corrected chi connectivity index (χ3v) is 4.53. The van der Waals surface area contributed by atoms with Crippen molar-refractivity contribution >= 4 is 21.9 Å². The zero-order valence-electron chi connectivity index (χ0n) is 13.7. The first-order valence-electron chi connectivity index (χ1n) is 7.88. The van der Waals surface area contributed by atoms with Gasteiger partial charge < -0.3 is 9.67 Å². The Balaban J connectivity index is 1.99. The molecule has 1 N–H and O–H groups in total. The van der Waals surface area contributed by atoms with Gasteiger partial charge in [-0.2, -0.15) is 0 Å². The number of nitrogens with zero attached hydrogens (tertiary/aromatic N) is 1. The third kappa shape index (κ3) is 4.08. The van der Waals surface area contributed by atoms with Gasteiger partial charge in [0.05, 0.1) is 12.1 Å². The monoisotopic (exact) mass is 415 g/mol. The van der Waals surface area contributed by atoms with Gasteiger partial charge in [0.15, 0.2) is 0 Å². The lowest BCUT2D eigenvalue weighted by Gasteiger charge is -2.12. The predicted molar refractivity (Wildman–Crippen MR) is 100 cm³/mol. The second-order valence-corrected chi connectivity index (χ2v) is 6.80. The number of carboxylic acid groups (broad SMARTS) is 1. The van der Waals surface area contributed by atoms with Gasteiger partial charge >= 0.3 is 5.97 Å². The van der Waals surface area contributed by atoms with E-state index in [4.69, 9.17) is 0 Å². The fourth-order valence-electron chi connectivity index (χ4n) is 2.72. The van der Waals surface area contributed by atoms with Crippen molar-refractivity contribution in [3.63, 3.8) is 0 Å². The van der Waals surface area contributed by atoms with E-state index in [1.54, 1.807) is 12.1 Å². The number of carboxylic acids is 1. The first-order valence-corrected chi connectivity index (χ1v) is 8.68. The molecule has 1 aromatic heterocycles. The average molecular weight is 416 g/mol. The molecule has 1 heterocycles. The van der Waals surface area contributed by atoms with Crippen molar-refractivity contribution in [2.45, 2.75) is 13.0 Å². The van der Waals surface area contributed by atoms with Gasteiger partial charge in [-0.3, -0.25) is 4.79 Å². The molecule has 0 aliphatic carbocycles. The van der Waals surface area contributed by atoms with Gasteiger partial charge in [0, 0.05) is 23.2 Å². The Morgan fingerprint density at radius 1 is 1.08 bits per heavy atom. The van der Waals surface area contributed by atoms with Crippen molar-refractivity contribution in [2.24, 2.45) is 0 Å². The zero-order chi connectivity index (χ0) is 18.7. The van der Waals surface area contributed by atoms with Crippen LogP contribution in [-0.4, -0.2) is 15.6 Å². The van der Waals surface area contributed by atoms with Gasteiger partial charge in [0.1, 0.15) is 5.82 Å². The normalized spacial score (nSPS) is 10.7. The molecule has 0 fully saturated rings. The molecule has 132 valence electrons. The summed E-state index contributed by atoms with van der Waals surface area (Å²) < 4.78 is 16.0. The minimum atomic E-state index is -1.15. The molecule has 0 aliphatic heterocycles. The lowest BCUT2D eigenvalue weighted by molar-refractivity contribution is 0.0694. The van der Waals surface area contributed by atoms with E-state index in [9.17, 15) is 19.1 Å². The molecular weight excluding hydrogens is 401 g/mol. The van der Waals surface area contributed by atoms with E-state index in [-0.39, 0.29) is 29.7 Å². The molecule has 0 spiro atoms. The lowest BCUT2D eigenvalue weighted by atomic mass is 10.0. The third-order valence-electron chi connectivity index (χ3n) is 4.03. The van der Waals surface area contributed by atoms with Crippen molar-refractivity contribution < 1.29 is 14.3 Å². The summed E-state index contributed by atoms with van der Waals surface area (Å²) in [7, 11) is 0. The van der Waals surface area contributed by atoms with Crippen LogP contribution in [0.25, 0.3) is 0 Å². The quantitative estimate of drug-likeness (QED) is 0.682. The molecule has 3 aromatic rings. The standard InChI is InChI=1S/C20H15BrFNO3/c21-16-7-6-14(18(22)10-16)8-15-9-19(24)23(12-17(15)20(25)26)11-13-4-2-1-3-5-13/h1-7,9-10,12H,8,11H2,(H,25,26). The number of halogens is 2. The van der Waals surface area contributed by atoms with Crippen LogP contribution in [0.5, 0.6) is 0 Å². The Morgan fingerprint density at radius 2 is 1.81 bits per heavy atom. The molecule has 26 heavy (non-hydrogen) atoms. The number of hydrogen-bond donors (Lipinski definition) is 1. The summed E-state index contributed by atoms with van der Waals surface area (Å²) in [4.78, 5) is 24.1. The maximum absolute atomic E-state index is 14.1. The Kier molecular flexibility index (Phi) is 5.32. The van der Waals surface area contributed by atoms with Crippen molar-refractivity contribution in [1.82, 2.24) is 4.57 Å². The molecule has 0 radical (unpaired) electrons. The maximum atomic E-state index is 14.1. The Morgan fingerprint density at radius 3 is 2.46 bits per heavy atom. The maximum Gasteiger partial charge on any atom is 0.337 e. The van der Waals surface area contributed by atoms with Crippen LogP contribution >= 0.6 is 15.9 Å². The molecule has 0 bridgehead atoms. The molecule has 2 aromatic carbocycles. The highest BCUT2D eigenvalue weighted by Crippen LogP contribution is 2.20. The lowest BCUT2D eigenvalue weighted by Crippen LogP contribution is -2.23. The van der Waals surface area contributed by atoms with E-state index >= 15 is 0 Å². The summed E-state index contributed by atoms with van der Waals surface area (Å²) in [5, 5.41) is 9.52. The molecule has 0 amide bonds. The minimum Gasteiger partial charge on any atom is -0.478 e. The summed E-state index contributed by atoms with van der Waals surface area (Å²) >= 11 is 3.18. The van der Waals surface area contributed by atoms with E-state index in [0.717, 1.165) is 5.56 Å². The second kappa shape index (κ2) is 7.66. The first kappa shape index (κ1) is 18.1. The highest BCUT2D eigenvalue weighted by Gasteiger charge is 2.15. The number of pyridine rings is 1. The van der Waals surface area contributed by atoms with E-state index in [2.05, 4.69) is 15.9 Å². The summed E-state index contributed by atoms with van der Waals surface area (Å²) in [6.45, 7) is 0.271. The van der Waals surface area contributed by atoms with Crippen LogP contribution in [0, 0.1) is 5.82 Å². The fraction of sp³-hybridized carbons (Fsp3) is 0.100. The molecule has 0 saturated carbocycles. The second-order valence-electron chi connectivity index (χ2n) is 5.88. The molecule has 0 saturated heterocycles. The average Bonchev–Trinajstić information content (AvgIpc) is 2.60. The van der Waals surface area contributed by atoms with Gasteiger partial charge in [0.2, 0.25) is 0 Å². The number of aromatic nitrogens is 1. The topological polar surface area (TPSA) is 59.3 Å². The summed E-state index contributed by atoms with van der Waals surface area (Å²) in [5.74, 6) is -1.61. The van der Waals surface area contributed by atoms with E-state index in [0.29, 0.717) is 10.0 Å². The summed E-state index contributed by atoms with van der Waals surface area (Å²) in [6.07, 6.45) is 1.35. The number of carbonyl (C=O) groups is 1. The highest BCUT2D eigenvalue weighted by atomic mass is 79.9. The summed E-state index contributed by atoms with van der Waals surface area (Å²) in [6, 6.07) is 15.1. The Bertz CT molecular complexity index is 1020. The number of rotatable bonds is 5. The molecule has 3 rings (SSSR count). The van der Waals surface area contributed by atoms with E-state index < -0.39 is 11.8 Å². The Labute approximate surface area is 157 Å². The van der Waals surface area contributed by atoms with Gasteiger partial charge in [-0.05, 0) is 28.8 Å². The van der Waals surface area contributed by atoms with Gasteiger partial charge in [0.25, 0.3) is 5.56 Å². The fourth-order valence-corrected chi connectivity index (χ4v) is 3.06. The first-order chi connectivity index (χ1) is 12.4. The molecule has 4 nitrogen and oxygen atoms in total. The van der Waals surface area contributed by atoms with E-state index in [1.165, 1.54) is 22.9 Å². The van der Waals surface area contributed by atoms with Crippen LogP contribution in [0.1, 0.15) is 27.0 Å². The van der Waals surface area contributed by atoms with Gasteiger partial charge in [-0.15, -0.1) is 0 Å². The highest BCUT2D eigenvalue weighted by molar-refractivity contribution is 9.10. The van der Waals surface area contributed by atoms with Crippen LogP contribution in [0.2, 0.25) is 0 Å². The van der Waals surface area contributed by atoms with Gasteiger partial charge in [-0.1, -0.05) is 52.3 Å². The number of benzene rings is 2. The molecule has 6 heteroatoms. The molecular formula is C20H15BrFNO3. The zero-order valence-corrected chi connectivity index (χ0v) is 15.2. The molecule has 0 aliphatic rings. The van der Waals surface area contributed by atoms with Crippen LogP contribution in [0.15, 0.2) is 70.1 Å². The van der Waals surface area contributed by atoms with E-state index in [1.807, 2.05) is 30.3 Å². The minimum absolute atomic E-state index is 0.0113. The van der Waals surface area contributed by atoms with Crippen molar-refractivity contribution in [3.05, 3.63) is 104 Å². The summed E-state index contributed by atoms with van der Waals surface area (Å²) in [5.41, 5.74) is 1.16. The molecule has 0 atom stereocenters. The van der Waals surface area contributed by atoms with Crippen LogP contribution in [0.3, 0.4) is 0 Å². The SMILES string of the molecule is O=C(O)c1cn(Cc2ccccc2)c(=O)cc1Cc1ccc(Br)cc1F. The van der Waals surface area contributed by atoms with Crippen molar-refractivity contribution in [1.29, 1.82) is 0 Å². The van der Waals surface area contributed by atoms with Crippen molar-refractivity contribution in [3.8, 4) is 0 Å². The largest absolute Gasteiger partial charge is 0.478 e. The van der Waals surface area contributed by atoms with Crippen LogP contribution in [0.4, 0.5) is 4.39 Å². The van der Waals surface area contributed by atoms with Gasteiger partial charge in [-0.25, -0.2) is 9.18 Å². The Hall–Kier alpha value is -2.73. The van der Waals surface area contributed by atoms with Crippen LogP contribution < -0.4 is 5.56 Å². The predicted octanol–water partition coefficient (Wildman–Crippen LogP) is 4.09. The number of hydrogen-bond acceptors (Lipinski definition) is 2.